The molecule has 2 fully saturated rings. The van der Waals surface area contributed by atoms with Crippen molar-refractivity contribution in [3.63, 3.8) is 0 Å². The predicted molar refractivity (Wildman–Crippen MR) is 68.9 cm³/mol. The van der Waals surface area contributed by atoms with Gasteiger partial charge in [-0.2, -0.15) is 0 Å². The Bertz CT molecular complexity index is 272. The van der Waals surface area contributed by atoms with Gasteiger partial charge in [0.15, 0.2) is 0 Å². The summed E-state index contributed by atoms with van der Waals surface area (Å²) >= 11 is 0. The number of carbonyl (C=O) groups excluding carboxylic acids is 1. The Hall–Kier alpha value is -0.610. The Labute approximate surface area is 104 Å². The van der Waals surface area contributed by atoms with Crippen LogP contribution >= 0.6 is 0 Å². The largest absolute Gasteiger partial charge is 0.341 e. The molecule has 0 aromatic heterocycles. The molecule has 2 aliphatic heterocycles. The van der Waals surface area contributed by atoms with Gasteiger partial charge in [0.1, 0.15) is 0 Å². The second kappa shape index (κ2) is 5.36. The highest BCUT2D eigenvalue weighted by atomic mass is 16.2. The molecule has 0 aromatic carbocycles. The maximum absolute atomic E-state index is 11.5. The quantitative estimate of drug-likeness (QED) is 0.783. The number of nitrogens with zero attached hydrogens (tertiary/aromatic N) is 2. The fourth-order valence-corrected chi connectivity index (χ4v) is 3.00. The minimum absolute atomic E-state index is 0.329. The van der Waals surface area contributed by atoms with Crippen LogP contribution in [0.25, 0.3) is 0 Å². The van der Waals surface area contributed by atoms with Crippen LogP contribution in [0.5, 0.6) is 0 Å². The minimum Gasteiger partial charge on any atom is -0.341 e. The Morgan fingerprint density at radius 2 is 2.29 bits per heavy atom. The van der Waals surface area contributed by atoms with Crippen LogP contribution in [0.3, 0.4) is 0 Å². The summed E-state index contributed by atoms with van der Waals surface area (Å²) in [6, 6.07) is 1.66. The molecule has 1 amide bonds. The van der Waals surface area contributed by atoms with E-state index in [0.717, 1.165) is 32.5 Å². The van der Waals surface area contributed by atoms with E-state index in [-0.39, 0.29) is 0 Å². The van der Waals surface area contributed by atoms with Gasteiger partial charge in [0.2, 0.25) is 5.91 Å². The molecule has 0 bridgehead atoms. The van der Waals surface area contributed by atoms with Crippen molar-refractivity contribution in [3.05, 3.63) is 0 Å². The molecule has 17 heavy (non-hydrogen) atoms. The van der Waals surface area contributed by atoms with Gasteiger partial charge in [-0.25, -0.2) is 0 Å². The van der Waals surface area contributed by atoms with E-state index >= 15 is 0 Å². The summed E-state index contributed by atoms with van der Waals surface area (Å²) in [6.45, 7) is 7.41. The van der Waals surface area contributed by atoms with Gasteiger partial charge in [0, 0.05) is 44.2 Å². The highest BCUT2D eigenvalue weighted by molar-refractivity contribution is 5.78. The van der Waals surface area contributed by atoms with Gasteiger partial charge >= 0.3 is 0 Å². The van der Waals surface area contributed by atoms with Crippen LogP contribution in [0.15, 0.2) is 0 Å². The first-order chi connectivity index (χ1) is 8.06. The van der Waals surface area contributed by atoms with Gasteiger partial charge in [-0.3, -0.25) is 4.79 Å². The third-order valence-corrected chi connectivity index (χ3v) is 4.07. The van der Waals surface area contributed by atoms with Gasteiger partial charge in [0.25, 0.3) is 0 Å². The second-order valence-corrected chi connectivity index (χ2v) is 5.73. The smallest absolute Gasteiger partial charge is 0.222 e. The topological polar surface area (TPSA) is 35.6 Å². The van der Waals surface area contributed by atoms with E-state index in [2.05, 4.69) is 31.1 Å². The van der Waals surface area contributed by atoms with Crippen molar-refractivity contribution in [1.82, 2.24) is 15.1 Å². The van der Waals surface area contributed by atoms with Crippen molar-refractivity contribution in [2.75, 3.05) is 26.7 Å². The Morgan fingerprint density at radius 1 is 1.53 bits per heavy atom. The second-order valence-electron chi connectivity index (χ2n) is 5.73. The zero-order chi connectivity index (χ0) is 12.4. The Morgan fingerprint density at radius 3 is 2.82 bits per heavy atom. The molecule has 98 valence electrons. The van der Waals surface area contributed by atoms with Crippen molar-refractivity contribution >= 4 is 5.91 Å². The molecule has 2 saturated heterocycles. The van der Waals surface area contributed by atoms with Gasteiger partial charge in [-0.15, -0.1) is 0 Å². The Balaban J connectivity index is 1.74. The van der Waals surface area contributed by atoms with Crippen molar-refractivity contribution in [2.24, 2.45) is 0 Å². The first kappa shape index (κ1) is 12.8. The summed E-state index contributed by atoms with van der Waals surface area (Å²) in [6.07, 6.45) is 3.00. The molecule has 2 aliphatic rings. The number of likely N-dealkylation sites (N-methyl/N-ethyl adjacent to an activating group) is 1. The lowest BCUT2D eigenvalue weighted by Crippen LogP contribution is -2.45. The number of hydrogen-bond acceptors (Lipinski definition) is 3. The Kier molecular flexibility index (Phi) is 4.05. The first-order valence-corrected chi connectivity index (χ1v) is 6.80. The van der Waals surface area contributed by atoms with Crippen LogP contribution in [-0.4, -0.2) is 60.5 Å². The van der Waals surface area contributed by atoms with E-state index in [1.807, 2.05) is 4.90 Å². The van der Waals surface area contributed by atoms with E-state index in [9.17, 15) is 4.79 Å². The molecular weight excluding hydrogens is 214 g/mol. The number of rotatable bonds is 4. The zero-order valence-corrected chi connectivity index (χ0v) is 11.3. The number of nitrogens with one attached hydrogen (secondary N) is 1. The van der Waals surface area contributed by atoms with Crippen LogP contribution in [0.2, 0.25) is 0 Å². The average molecular weight is 239 g/mol. The molecule has 1 N–H and O–H groups in total. The number of amides is 1. The maximum atomic E-state index is 11.5. The molecule has 2 heterocycles. The molecular formula is C13H25N3O. The third-order valence-electron chi connectivity index (χ3n) is 4.07. The predicted octanol–water partition coefficient (Wildman–Crippen LogP) is 0.680. The van der Waals surface area contributed by atoms with E-state index in [1.54, 1.807) is 0 Å². The molecule has 4 heteroatoms. The minimum atomic E-state index is 0.329. The molecule has 2 rings (SSSR count). The standard InChI is InChI=1S/C13H25N3O/c1-10(8-16-6-4-5-13(16)17)14-12-7-11(2)15(3)9-12/h10-12,14H,4-9H2,1-3H3. The zero-order valence-electron chi connectivity index (χ0n) is 11.3. The summed E-state index contributed by atoms with van der Waals surface area (Å²) in [4.78, 5) is 15.9. The fraction of sp³-hybridized carbons (Fsp3) is 0.923. The molecule has 0 saturated carbocycles. The van der Waals surface area contributed by atoms with Crippen molar-refractivity contribution in [3.8, 4) is 0 Å². The van der Waals surface area contributed by atoms with E-state index in [4.69, 9.17) is 0 Å². The van der Waals surface area contributed by atoms with E-state index in [0.29, 0.717) is 24.0 Å². The highest BCUT2D eigenvalue weighted by Gasteiger charge is 2.28. The fourth-order valence-electron chi connectivity index (χ4n) is 3.00. The molecule has 3 unspecified atom stereocenters. The molecule has 0 aliphatic carbocycles. The third kappa shape index (κ3) is 3.19. The monoisotopic (exact) mass is 239 g/mol. The summed E-state index contributed by atoms with van der Waals surface area (Å²) in [5.41, 5.74) is 0. The average Bonchev–Trinajstić information content (AvgIpc) is 2.76. The maximum Gasteiger partial charge on any atom is 0.222 e. The van der Waals surface area contributed by atoms with Crippen molar-refractivity contribution in [2.45, 2.75) is 51.2 Å². The van der Waals surface area contributed by atoms with Gasteiger partial charge < -0.3 is 15.1 Å². The lowest BCUT2D eigenvalue weighted by Gasteiger charge is -2.24. The van der Waals surface area contributed by atoms with Crippen LogP contribution in [0.4, 0.5) is 0 Å². The van der Waals surface area contributed by atoms with E-state index < -0.39 is 0 Å². The van der Waals surface area contributed by atoms with Gasteiger partial charge in [-0.05, 0) is 33.7 Å². The number of hydrogen-bond donors (Lipinski definition) is 1. The SMILES string of the molecule is CC(CN1CCCC1=O)NC1CC(C)N(C)C1. The lowest BCUT2D eigenvalue weighted by molar-refractivity contribution is -0.127. The molecule has 0 radical (unpaired) electrons. The number of likely N-dealkylation sites (tertiary alicyclic amines) is 2. The summed E-state index contributed by atoms with van der Waals surface area (Å²) in [7, 11) is 2.18. The highest BCUT2D eigenvalue weighted by Crippen LogP contribution is 2.16. The van der Waals surface area contributed by atoms with Gasteiger partial charge in [-0.1, -0.05) is 0 Å². The first-order valence-electron chi connectivity index (χ1n) is 6.80. The number of carbonyl (C=O) groups is 1. The van der Waals surface area contributed by atoms with E-state index in [1.165, 1.54) is 6.42 Å². The van der Waals surface area contributed by atoms with Crippen LogP contribution in [-0.2, 0) is 4.79 Å². The molecule has 3 atom stereocenters. The molecule has 0 spiro atoms. The van der Waals surface area contributed by atoms with Crippen LogP contribution in [0.1, 0.15) is 33.1 Å². The van der Waals surface area contributed by atoms with Gasteiger partial charge in [0.05, 0.1) is 0 Å². The lowest BCUT2D eigenvalue weighted by atomic mass is 10.1. The molecule has 0 aromatic rings. The van der Waals surface area contributed by atoms with Crippen LogP contribution in [0, 0.1) is 0 Å². The summed E-state index contributed by atoms with van der Waals surface area (Å²) in [5, 5.41) is 3.65. The summed E-state index contributed by atoms with van der Waals surface area (Å²) in [5.74, 6) is 0.329. The van der Waals surface area contributed by atoms with Crippen LogP contribution < -0.4 is 5.32 Å². The summed E-state index contributed by atoms with van der Waals surface area (Å²) < 4.78 is 0. The molecule has 4 nitrogen and oxygen atoms in total. The van der Waals surface area contributed by atoms with Crippen molar-refractivity contribution < 1.29 is 4.79 Å². The van der Waals surface area contributed by atoms with Crippen molar-refractivity contribution in [1.29, 1.82) is 0 Å². The normalized spacial score (nSPS) is 32.4.